The molecule has 2 heterocycles. The van der Waals surface area contributed by atoms with Crippen LogP contribution in [0.15, 0.2) is 0 Å². The quantitative estimate of drug-likeness (QED) is 0.791. The third-order valence-electron chi connectivity index (χ3n) is 3.71. The van der Waals surface area contributed by atoms with Gasteiger partial charge in [-0.2, -0.15) is 0 Å². The summed E-state index contributed by atoms with van der Waals surface area (Å²) in [4.78, 5) is 10.8. The first-order valence-electron chi connectivity index (χ1n) is 6.72. The topological polar surface area (TPSA) is 67.8 Å². The SMILES string of the molecule is CC1(C)CC(NCC2CCC(C(=O)O)O2)CCO1. The number of rotatable bonds is 4. The summed E-state index contributed by atoms with van der Waals surface area (Å²) < 4.78 is 11.1. The van der Waals surface area contributed by atoms with Gasteiger partial charge in [-0.15, -0.1) is 0 Å². The Hall–Kier alpha value is -0.650. The van der Waals surface area contributed by atoms with Crippen LogP contribution in [0.5, 0.6) is 0 Å². The first-order valence-corrected chi connectivity index (χ1v) is 6.72. The fraction of sp³-hybridized carbons (Fsp3) is 0.923. The molecule has 2 rings (SSSR count). The van der Waals surface area contributed by atoms with Crippen molar-refractivity contribution < 1.29 is 19.4 Å². The number of hydrogen-bond donors (Lipinski definition) is 2. The lowest BCUT2D eigenvalue weighted by Gasteiger charge is -2.36. The average molecular weight is 257 g/mol. The van der Waals surface area contributed by atoms with Gasteiger partial charge in [0.05, 0.1) is 11.7 Å². The van der Waals surface area contributed by atoms with Crippen molar-refractivity contribution in [3.8, 4) is 0 Å². The standard InChI is InChI=1S/C13H23NO4/c1-13(2)7-9(5-6-17-13)14-8-10-3-4-11(18-10)12(15)16/h9-11,14H,3-8H2,1-2H3,(H,15,16). The Balaban J connectivity index is 1.71. The summed E-state index contributed by atoms with van der Waals surface area (Å²) in [5.41, 5.74) is -0.0595. The van der Waals surface area contributed by atoms with E-state index in [0.29, 0.717) is 12.5 Å². The second-order valence-corrected chi connectivity index (χ2v) is 5.87. The Kier molecular flexibility index (Phi) is 4.25. The van der Waals surface area contributed by atoms with E-state index in [1.54, 1.807) is 0 Å². The van der Waals surface area contributed by atoms with Gasteiger partial charge in [-0.3, -0.25) is 0 Å². The molecule has 0 radical (unpaired) electrons. The fourth-order valence-electron chi connectivity index (χ4n) is 2.74. The van der Waals surface area contributed by atoms with Gasteiger partial charge in [-0.05, 0) is 39.5 Å². The predicted octanol–water partition coefficient (Wildman–Crippen LogP) is 1.17. The molecule has 3 unspecified atom stereocenters. The van der Waals surface area contributed by atoms with Crippen molar-refractivity contribution >= 4 is 5.97 Å². The summed E-state index contributed by atoms with van der Waals surface area (Å²) in [6.07, 6.45) is 2.89. The van der Waals surface area contributed by atoms with Crippen LogP contribution in [0.1, 0.15) is 39.5 Å². The number of carbonyl (C=O) groups is 1. The number of ether oxygens (including phenoxy) is 2. The highest BCUT2D eigenvalue weighted by Gasteiger charge is 2.32. The van der Waals surface area contributed by atoms with E-state index in [1.165, 1.54) is 0 Å². The smallest absolute Gasteiger partial charge is 0.332 e. The highest BCUT2D eigenvalue weighted by Crippen LogP contribution is 2.25. The lowest BCUT2D eigenvalue weighted by molar-refractivity contribution is -0.149. The molecule has 104 valence electrons. The van der Waals surface area contributed by atoms with E-state index in [2.05, 4.69) is 19.2 Å². The van der Waals surface area contributed by atoms with Gasteiger partial charge in [0.15, 0.2) is 6.10 Å². The van der Waals surface area contributed by atoms with Crippen molar-refractivity contribution in [3.63, 3.8) is 0 Å². The molecule has 3 atom stereocenters. The summed E-state index contributed by atoms with van der Waals surface area (Å²) in [5, 5.41) is 12.3. The predicted molar refractivity (Wildman–Crippen MR) is 66.6 cm³/mol. The zero-order valence-electron chi connectivity index (χ0n) is 11.1. The molecule has 2 N–H and O–H groups in total. The summed E-state index contributed by atoms with van der Waals surface area (Å²) >= 11 is 0. The summed E-state index contributed by atoms with van der Waals surface area (Å²) in [6, 6.07) is 0.446. The van der Waals surface area contributed by atoms with Gasteiger partial charge in [0.25, 0.3) is 0 Å². The van der Waals surface area contributed by atoms with Gasteiger partial charge in [0.2, 0.25) is 0 Å². The van der Waals surface area contributed by atoms with Crippen LogP contribution in [0.4, 0.5) is 0 Å². The normalized spacial score (nSPS) is 35.6. The molecule has 0 aliphatic carbocycles. The maximum Gasteiger partial charge on any atom is 0.332 e. The zero-order chi connectivity index (χ0) is 13.2. The van der Waals surface area contributed by atoms with Crippen LogP contribution in [0.2, 0.25) is 0 Å². The lowest BCUT2D eigenvalue weighted by atomic mass is 9.94. The maximum absolute atomic E-state index is 10.8. The molecular weight excluding hydrogens is 234 g/mol. The van der Waals surface area contributed by atoms with Crippen LogP contribution in [0.25, 0.3) is 0 Å². The van der Waals surface area contributed by atoms with Gasteiger partial charge in [-0.25, -0.2) is 4.79 Å². The molecule has 2 fully saturated rings. The lowest BCUT2D eigenvalue weighted by Crippen LogP contribution is -2.45. The summed E-state index contributed by atoms with van der Waals surface area (Å²) in [7, 11) is 0. The molecule has 0 spiro atoms. The fourth-order valence-corrected chi connectivity index (χ4v) is 2.74. The van der Waals surface area contributed by atoms with Crippen molar-refractivity contribution in [2.24, 2.45) is 0 Å². The van der Waals surface area contributed by atoms with Crippen molar-refractivity contribution in [2.45, 2.75) is 63.4 Å². The number of nitrogens with one attached hydrogen (secondary N) is 1. The Morgan fingerprint density at radius 3 is 2.78 bits per heavy atom. The third-order valence-corrected chi connectivity index (χ3v) is 3.71. The summed E-state index contributed by atoms with van der Waals surface area (Å²) in [5.74, 6) is -0.843. The highest BCUT2D eigenvalue weighted by molar-refractivity contribution is 5.72. The molecule has 0 aromatic rings. The van der Waals surface area contributed by atoms with E-state index in [1.807, 2.05) is 0 Å². The monoisotopic (exact) mass is 257 g/mol. The molecular formula is C13H23NO4. The Bertz CT molecular complexity index is 305. The Morgan fingerprint density at radius 1 is 1.39 bits per heavy atom. The molecule has 2 aliphatic heterocycles. The minimum atomic E-state index is -0.843. The van der Waals surface area contributed by atoms with E-state index >= 15 is 0 Å². The minimum Gasteiger partial charge on any atom is -0.479 e. The molecule has 5 heteroatoms. The summed E-state index contributed by atoms with van der Waals surface area (Å²) in [6.45, 7) is 5.74. The van der Waals surface area contributed by atoms with Gasteiger partial charge in [-0.1, -0.05) is 0 Å². The van der Waals surface area contributed by atoms with E-state index in [4.69, 9.17) is 14.6 Å². The number of carboxylic acids is 1. The van der Waals surface area contributed by atoms with E-state index in [-0.39, 0.29) is 11.7 Å². The van der Waals surface area contributed by atoms with Gasteiger partial charge in [0, 0.05) is 19.2 Å². The first-order chi connectivity index (χ1) is 8.46. The molecule has 2 saturated heterocycles. The van der Waals surface area contributed by atoms with Crippen LogP contribution in [-0.4, -0.2) is 48.1 Å². The van der Waals surface area contributed by atoms with Gasteiger partial charge in [0.1, 0.15) is 0 Å². The van der Waals surface area contributed by atoms with E-state index in [9.17, 15) is 4.79 Å². The third kappa shape index (κ3) is 3.67. The molecule has 0 aromatic heterocycles. The minimum absolute atomic E-state index is 0.0389. The van der Waals surface area contributed by atoms with Crippen LogP contribution in [-0.2, 0) is 14.3 Å². The van der Waals surface area contributed by atoms with Gasteiger partial charge < -0.3 is 19.9 Å². The number of aliphatic carboxylic acids is 1. The maximum atomic E-state index is 10.8. The Labute approximate surface area is 108 Å². The van der Waals surface area contributed by atoms with E-state index < -0.39 is 12.1 Å². The molecule has 0 bridgehead atoms. The Morgan fingerprint density at radius 2 is 2.17 bits per heavy atom. The van der Waals surface area contributed by atoms with Crippen LogP contribution in [0, 0.1) is 0 Å². The largest absolute Gasteiger partial charge is 0.479 e. The molecule has 5 nitrogen and oxygen atoms in total. The second-order valence-electron chi connectivity index (χ2n) is 5.87. The van der Waals surface area contributed by atoms with Crippen molar-refractivity contribution in [1.29, 1.82) is 0 Å². The zero-order valence-corrected chi connectivity index (χ0v) is 11.1. The average Bonchev–Trinajstić information content (AvgIpc) is 2.74. The second kappa shape index (κ2) is 5.55. The van der Waals surface area contributed by atoms with Crippen LogP contribution in [0.3, 0.4) is 0 Å². The molecule has 18 heavy (non-hydrogen) atoms. The molecule has 0 aromatic carbocycles. The molecule has 0 amide bonds. The first kappa shape index (κ1) is 13.8. The van der Waals surface area contributed by atoms with Crippen LogP contribution >= 0.6 is 0 Å². The van der Waals surface area contributed by atoms with E-state index in [0.717, 1.165) is 32.4 Å². The van der Waals surface area contributed by atoms with Crippen molar-refractivity contribution in [3.05, 3.63) is 0 Å². The van der Waals surface area contributed by atoms with Gasteiger partial charge >= 0.3 is 5.97 Å². The number of hydrogen-bond acceptors (Lipinski definition) is 4. The highest BCUT2D eigenvalue weighted by atomic mass is 16.5. The molecule has 2 aliphatic rings. The van der Waals surface area contributed by atoms with Crippen molar-refractivity contribution in [2.75, 3.05) is 13.2 Å². The molecule has 0 saturated carbocycles. The van der Waals surface area contributed by atoms with Crippen molar-refractivity contribution in [1.82, 2.24) is 5.32 Å². The van der Waals surface area contributed by atoms with Crippen LogP contribution < -0.4 is 5.32 Å². The number of carboxylic acid groups (broad SMARTS) is 1.